The number of hydrogen-bond acceptors (Lipinski definition) is 3. The summed E-state index contributed by atoms with van der Waals surface area (Å²) in [5, 5.41) is 4.13. The molecular formula is C17H10F3N3O. The highest BCUT2D eigenvalue weighted by Gasteiger charge is 2.30. The van der Waals surface area contributed by atoms with Crippen LogP contribution in [0.4, 0.5) is 13.2 Å². The molecule has 120 valence electrons. The van der Waals surface area contributed by atoms with Gasteiger partial charge in [0.25, 0.3) is 0 Å². The number of hydrogen-bond donors (Lipinski definition) is 0. The number of alkyl halides is 3. The highest BCUT2D eigenvalue weighted by Crippen LogP contribution is 2.23. The van der Waals surface area contributed by atoms with E-state index < -0.39 is 6.36 Å². The number of halogens is 3. The third kappa shape index (κ3) is 4.14. The van der Waals surface area contributed by atoms with Crippen LogP contribution >= 0.6 is 0 Å². The average Bonchev–Trinajstić information content (AvgIpc) is 3.02. The number of aromatic nitrogens is 3. The maximum absolute atomic E-state index is 12.1. The first kappa shape index (κ1) is 15.6. The molecule has 2 aromatic heterocycles. The average molecular weight is 329 g/mol. The van der Waals surface area contributed by atoms with Gasteiger partial charge in [-0.3, -0.25) is 0 Å². The van der Waals surface area contributed by atoms with Crippen molar-refractivity contribution in [3.8, 4) is 23.3 Å². The summed E-state index contributed by atoms with van der Waals surface area (Å²) in [6, 6.07) is 10.8. The van der Waals surface area contributed by atoms with Gasteiger partial charge < -0.3 is 4.74 Å². The summed E-state index contributed by atoms with van der Waals surface area (Å²) in [5.41, 5.74) is 1.89. The smallest absolute Gasteiger partial charge is 0.406 e. The van der Waals surface area contributed by atoms with E-state index in [2.05, 4.69) is 26.7 Å². The van der Waals surface area contributed by atoms with Crippen LogP contribution in [0.2, 0.25) is 0 Å². The quantitative estimate of drug-likeness (QED) is 0.675. The van der Waals surface area contributed by atoms with Gasteiger partial charge in [-0.1, -0.05) is 12.0 Å². The van der Waals surface area contributed by atoms with Crippen molar-refractivity contribution < 1.29 is 17.9 Å². The fourth-order valence-electron chi connectivity index (χ4n) is 1.90. The van der Waals surface area contributed by atoms with E-state index in [1.165, 1.54) is 28.9 Å². The second-order valence-corrected chi connectivity index (χ2v) is 4.68. The summed E-state index contributed by atoms with van der Waals surface area (Å²) in [4.78, 5) is 4.09. The molecule has 0 radical (unpaired) electrons. The van der Waals surface area contributed by atoms with Crippen molar-refractivity contribution >= 4 is 0 Å². The molecule has 0 aliphatic heterocycles. The topological polar surface area (TPSA) is 39.9 Å². The Hall–Kier alpha value is -3.27. The third-order valence-corrected chi connectivity index (χ3v) is 2.92. The molecule has 0 aliphatic carbocycles. The number of pyridine rings is 1. The summed E-state index contributed by atoms with van der Waals surface area (Å²) in [6.45, 7) is 0. The summed E-state index contributed by atoms with van der Waals surface area (Å²) in [7, 11) is 0. The molecule has 0 spiro atoms. The monoisotopic (exact) mass is 329 g/mol. The van der Waals surface area contributed by atoms with Crippen LogP contribution in [0.25, 0.3) is 5.69 Å². The third-order valence-electron chi connectivity index (χ3n) is 2.92. The van der Waals surface area contributed by atoms with Gasteiger partial charge in [-0.05, 0) is 42.3 Å². The van der Waals surface area contributed by atoms with Crippen LogP contribution in [-0.4, -0.2) is 21.1 Å². The van der Waals surface area contributed by atoms with Gasteiger partial charge in [-0.2, -0.15) is 5.10 Å². The highest BCUT2D eigenvalue weighted by molar-refractivity contribution is 5.41. The van der Waals surface area contributed by atoms with Gasteiger partial charge in [0.1, 0.15) is 11.4 Å². The van der Waals surface area contributed by atoms with E-state index >= 15 is 0 Å². The number of rotatable bonds is 2. The number of benzene rings is 1. The largest absolute Gasteiger partial charge is 0.573 e. The van der Waals surface area contributed by atoms with Crippen molar-refractivity contribution in [2.75, 3.05) is 0 Å². The minimum absolute atomic E-state index is 0.284. The zero-order chi connectivity index (χ0) is 17.0. The maximum Gasteiger partial charge on any atom is 0.573 e. The Morgan fingerprint density at radius 1 is 1.00 bits per heavy atom. The standard InChI is InChI=1S/C17H10F3N3O/c18-17(19,20)24-16-8-6-15(7-9-16)23-12-13(11-22-23)4-5-14-3-1-2-10-21-14/h1-3,6-12H. The first-order valence-electron chi connectivity index (χ1n) is 6.83. The highest BCUT2D eigenvalue weighted by atomic mass is 19.4. The lowest BCUT2D eigenvalue weighted by Crippen LogP contribution is -2.17. The lowest BCUT2D eigenvalue weighted by Gasteiger charge is -2.09. The molecule has 0 fully saturated rings. The van der Waals surface area contributed by atoms with Crippen molar-refractivity contribution in [1.29, 1.82) is 0 Å². The SMILES string of the molecule is FC(F)(F)Oc1ccc(-n2cc(C#Cc3ccccn3)cn2)cc1. The normalized spacial score (nSPS) is 10.8. The van der Waals surface area contributed by atoms with E-state index in [0.29, 0.717) is 16.9 Å². The zero-order valence-corrected chi connectivity index (χ0v) is 12.2. The van der Waals surface area contributed by atoms with E-state index in [0.717, 1.165) is 0 Å². The molecule has 0 atom stereocenters. The summed E-state index contributed by atoms with van der Waals surface area (Å²) in [5.74, 6) is 5.54. The Morgan fingerprint density at radius 3 is 2.46 bits per heavy atom. The van der Waals surface area contributed by atoms with Gasteiger partial charge in [-0.15, -0.1) is 13.2 Å². The van der Waals surface area contributed by atoms with Crippen molar-refractivity contribution in [3.05, 3.63) is 72.3 Å². The lowest BCUT2D eigenvalue weighted by atomic mass is 10.3. The first-order chi connectivity index (χ1) is 11.5. The van der Waals surface area contributed by atoms with Gasteiger partial charge in [0.2, 0.25) is 0 Å². The lowest BCUT2D eigenvalue weighted by molar-refractivity contribution is -0.274. The minimum atomic E-state index is -4.71. The van der Waals surface area contributed by atoms with Gasteiger partial charge >= 0.3 is 6.36 Å². The van der Waals surface area contributed by atoms with E-state index in [1.54, 1.807) is 30.7 Å². The molecular weight excluding hydrogens is 319 g/mol. The predicted octanol–water partition coefficient (Wildman–Crippen LogP) is 3.57. The molecule has 0 bridgehead atoms. The van der Waals surface area contributed by atoms with Crippen LogP contribution < -0.4 is 4.74 Å². The Balaban J connectivity index is 1.75. The number of ether oxygens (including phenoxy) is 1. The maximum atomic E-state index is 12.1. The second-order valence-electron chi connectivity index (χ2n) is 4.68. The molecule has 0 saturated heterocycles. The molecule has 0 saturated carbocycles. The van der Waals surface area contributed by atoms with Crippen LogP contribution in [0.3, 0.4) is 0 Å². The Bertz CT molecular complexity index is 875. The van der Waals surface area contributed by atoms with Crippen LogP contribution in [0.5, 0.6) is 5.75 Å². The Kier molecular flexibility index (Phi) is 4.20. The predicted molar refractivity (Wildman–Crippen MR) is 80.5 cm³/mol. The minimum Gasteiger partial charge on any atom is -0.406 e. The summed E-state index contributed by atoms with van der Waals surface area (Å²) >= 11 is 0. The molecule has 0 aliphatic rings. The second kappa shape index (κ2) is 6.46. The fraction of sp³-hybridized carbons (Fsp3) is 0.0588. The molecule has 3 rings (SSSR count). The van der Waals surface area contributed by atoms with Gasteiger partial charge in [-0.25, -0.2) is 9.67 Å². The van der Waals surface area contributed by atoms with Gasteiger partial charge in [0, 0.05) is 12.4 Å². The molecule has 0 N–H and O–H groups in total. The molecule has 24 heavy (non-hydrogen) atoms. The molecule has 4 nitrogen and oxygen atoms in total. The van der Waals surface area contributed by atoms with E-state index in [-0.39, 0.29) is 5.75 Å². The van der Waals surface area contributed by atoms with Crippen molar-refractivity contribution in [3.63, 3.8) is 0 Å². The molecule has 1 aromatic carbocycles. The molecule has 3 aromatic rings. The van der Waals surface area contributed by atoms with E-state index in [4.69, 9.17) is 0 Å². The van der Waals surface area contributed by atoms with Gasteiger partial charge in [0.05, 0.1) is 17.4 Å². The van der Waals surface area contributed by atoms with E-state index in [1.807, 2.05) is 6.07 Å². The summed E-state index contributed by atoms with van der Waals surface area (Å²) < 4.78 is 41.7. The zero-order valence-electron chi connectivity index (χ0n) is 12.2. The van der Waals surface area contributed by atoms with E-state index in [9.17, 15) is 13.2 Å². The first-order valence-corrected chi connectivity index (χ1v) is 6.83. The fourth-order valence-corrected chi connectivity index (χ4v) is 1.90. The van der Waals surface area contributed by atoms with Gasteiger partial charge in [0.15, 0.2) is 0 Å². The summed E-state index contributed by atoms with van der Waals surface area (Å²) in [6.07, 6.45) is 0.186. The molecule has 2 heterocycles. The number of nitrogens with zero attached hydrogens (tertiary/aromatic N) is 3. The molecule has 7 heteroatoms. The molecule has 0 amide bonds. The Labute approximate surface area is 135 Å². The van der Waals surface area contributed by atoms with Crippen molar-refractivity contribution in [2.24, 2.45) is 0 Å². The van der Waals surface area contributed by atoms with Crippen molar-refractivity contribution in [1.82, 2.24) is 14.8 Å². The van der Waals surface area contributed by atoms with Crippen LogP contribution in [0.15, 0.2) is 61.1 Å². The van der Waals surface area contributed by atoms with Crippen molar-refractivity contribution in [2.45, 2.75) is 6.36 Å². The van der Waals surface area contributed by atoms with Crippen LogP contribution in [0, 0.1) is 11.8 Å². The molecule has 0 unspecified atom stereocenters. The van der Waals surface area contributed by atoms with Crippen LogP contribution in [0.1, 0.15) is 11.3 Å². The Morgan fingerprint density at radius 2 is 1.79 bits per heavy atom. The van der Waals surface area contributed by atoms with Crippen LogP contribution in [-0.2, 0) is 0 Å².